The molecule has 3 aromatic rings. The Labute approximate surface area is 157 Å². The number of fused-ring (bicyclic) bond motifs is 1. The molecule has 0 fully saturated rings. The molecular formula is C18H17F4N5O. The van der Waals surface area contributed by atoms with Crippen LogP contribution in [-0.2, 0) is 17.4 Å². The van der Waals surface area contributed by atoms with E-state index >= 15 is 0 Å². The van der Waals surface area contributed by atoms with E-state index in [0.29, 0.717) is 28.2 Å². The number of anilines is 1. The highest BCUT2D eigenvalue weighted by Gasteiger charge is 2.36. The quantitative estimate of drug-likeness (QED) is 0.683. The lowest BCUT2D eigenvalue weighted by molar-refractivity contribution is -0.144. The topological polar surface area (TPSA) is 72.2 Å². The van der Waals surface area contributed by atoms with Gasteiger partial charge < -0.3 is 5.32 Å². The molecule has 10 heteroatoms. The molecule has 2 aromatic heterocycles. The van der Waals surface area contributed by atoms with Crippen molar-refractivity contribution in [2.45, 2.75) is 39.8 Å². The van der Waals surface area contributed by atoms with Crippen LogP contribution in [-0.4, -0.2) is 25.5 Å². The van der Waals surface area contributed by atoms with Gasteiger partial charge in [0.25, 0.3) is 11.6 Å². The molecule has 148 valence electrons. The Morgan fingerprint density at radius 1 is 1.18 bits per heavy atom. The average molecular weight is 395 g/mol. The van der Waals surface area contributed by atoms with Gasteiger partial charge in [0.2, 0.25) is 5.91 Å². The second-order valence-electron chi connectivity index (χ2n) is 6.41. The van der Waals surface area contributed by atoms with E-state index < -0.39 is 17.8 Å². The third kappa shape index (κ3) is 3.95. The van der Waals surface area contributed by atoms with Crippen molar-refractivity contribution in [2.75, 3.05) is 5.32 Å². The predicted molar refractivity (Wildman–Crippen MR) is 93.3 cm³/mol. The summed E-state index contributed by atoms with van der Waals surface area (Å²) in [5.74, 6) is -2.10. The van der Waals surface area contributed by atoms with Gasteiger partial charge in [0.05, 0.1) is 0 Å². The minimum atomic E-state index is -4.67. The highest BCUT2D eigenvalue weighted by atomic mass is 19.4. The van der Waals surface area contributed by atoms with Crippen LogP contribution in [0.3, 0.4) is 0 Å². The van der Waals surface area contributed by atoms with Crippen LogP contribution in [0.15, 0.2) is 18.2 Å². The predicted octanol–water partition coefficient (Wildman–Crippen LogP) is 3.78. The molecule has 0 aliphatic heterocycles. The SMILES string of the molecule is Cc1cc(F)ccc1NC(=O)CCc1c(C)nc2nc(C(F)(F)F)nn2c1C. The van der Waals surface area contributed by atoms with Gasteiger partial charge in [0, 0.05) is 23.5 Å². The summed E-state index contributed by atoms with van der Waals surface area (Å²) in [4.78, 5) is 19.7. The van der Waals surface area contributed by atoms with Gasteiger partial charge in [-0.05, 0) is 56.5 Å². The van der Waals surface area contributed by atoms with Crippen molar-refractivity contribution < 1.29 is 22.4 Å². The van der Waals surface area contributed by atoms with Crippen LogP contribution in [0.1, 0.15) is 34.8 Å². The van der Waals surface area contributed by atoms with Crippen LogP contribution < -0.4 is 5.32 Å². The fourth-order valence-corrected chi connectivity index (χ4v) is 2.91. The Morgan fingerprint density at radius 3 is 2.54 bits per heavy atom. The molecule has 0 saturated carbocycles. The molecule has 1 amide bonds. The Morgan fingerprint density at radius 2 is 1.89 bits per heavy atom. The zero-order valence-corrected chi connectivity index (χ0v) is 15.4. The Hall–Kier alpha value is -3.04. The lowest BCUT2D eigenvalue weighted by Gasteiger charge is -2.11. The van der Waals surface area contributed by atoms with Gasteiger partial charge >= 0.3 is 6.18 Å². The van der Waals surface area contributed by atoms with Gasteiger partial charge in [-0.2, -0.15) is 18.2 Å². The van der Waals surface area contributed by atoms with E-state index in [1.165, 1.54) is 18.2 Å². The van der Waals surface area contributed by atoms with Crippen LogP contribution in [0.2, 0.25) is 0 Å². The maximum atomic E-state index is 13.1. The lowest BCUT2D eigenvalue weighted by Crippen LogP contribution is -2.15. The number of rotatable bonds is 4. The van der Waals surface area contributed by atoms with Crippen molar-refractivity contribution in [3.63, 3.8) is 0 Å². The van der Waals surface area contributed by atoms with Crippen molar-refractivity contribution in [1.82, 2.24) is 19.6 Å². The highest BCUT2D eigenvalue weighted by molar-refractivity contribution is 5.91. The Bertz CT molecular complexity index is 1060. The molecule has 0 aliphatic carbocycles. The van der Waals surface area contributed by atoms with Crippen LogP contribution in [0.25, 0.3) is 5.78 Å². The van der Waals surface area contributed by atoms with E-state index in [2.05, 4.69) is 20.4 Å². The minimum absolute atomic E-state index is 0.0759. The van der Waals surface area contributed by atoms with Crippen molar-refractivity contribution in [3.05, 3.63) is 52.4 Å². The molecule has 0 aliphatic rings. The van der Waals surface area contributed by atoms with Crippen molar-refractivity contribution in [3.8, 4) is 0 Å². The fourth-order valence-electron chi connectivity index (χ4n) is 2.91. The number of alkyl halides is 3. The molecule has 1 aromatic carbocycles. The number of nitrogens with one attached hydrogen (secondary N) is 1. The van der Waals surface area contributed by atoms with Crippen LogP contribution in [0, 0.1) is 26.6 Å². The van der Waals surface area contributed by atoms with Gasteiger partial charge in [-0.25, -0.2) is 13.9 Å². The number of benzene rings is 1. The maximum absolute atomic E-state index is 13.1. The summed E-state index contributed by atoms with van der Waals surface area (Å²) in [5, 5.41) is 6.18. The van der Waals surface area contributed by atoms with E-state index in [-0.39, 0.29) is 24.5 Å². The number of amides is 1. The molecule has 6 nitrogen and oxygen atoms in total. The molecular weight excluding hydrogens is 378 g/mol. The molecule has 0 saturated heterocycles. The first-order chi connectivity index (χ1) is 13.1. The molecule has 0 unspecified atom stereocenters. The molecule has 1 N–H and O–H groups in total. The zero-order valence-electron chi connectivity index (χ0n) is 15.4. The van der Waals surface area contributed by atoms with Gasteiger partial charge in [-0.15, -0.1) is 5.10 Å². The molecule has 3 rings (SSSR count). The monoisotopic (exact) mass is 395 g/mol. The standard InChI is InChI=1S/C18H17F4N5O/c1-9-8-12(19)4-6-14(9)24-15(28)7-5-13-10(2)23-17-25-16(18(20,21)22)26-27(17)11(13)3/h4,6,8H,5,7H2,1-3H3,(H,24,28). The summed E-state index contributed by atoms with van der Waals surface area (Å²) in [6, 6.07) is 4.03. The number of carbonyl (C=O) groups excluding carboxylic acids is 1. The first-order valence-electron chi connectivity index (χ1n) is 8.42. The van der Waals surface area contributed by atoms with Gasteiger partial charge in [-0.1, -0.05) is 0 Å². The van der Waals surface area contributed by atoms with Crippen LogP contribution >= 0.6 is 0 Å². The maximum Gasteiger partial charge on any atom is 0.453 e. The number of aromatic nitrogens is 4. The largest absolute Gasteiger partial charge is 0.453 e. The molecule has 28 heavy (non-hydrogen) atoms. The van der Waals surface area contributed by atoms with E-state index in [4.69, 9.17) is 0 Å². The second kappa shape index (κ2) is 7.17. The number of halogens is 4. The number of hydrogen-bond donors (Lipinski definition) is 1. The molecule has 0 spiro atoms. The Kier molecular flexibility index (Phi) is 5.05. The van der Waals surface area contributed by atoms with E-state index in [1.807, 2.05) is 0 Å². The summed E-state index contributed by atoms with van der Waals surface area (Å²) in [6.07, 6.45) is -4.33. The minimum Gasteiger partial charge on any atom is -0.326 e. The van der Waals surface area contributed by atoms with E-state index in [0.717, 1.165) is 4.52 Å². The summed E-state index contributed by atoms with van der Waals surface area (Å²) >= 11 is 0. The van der Waals surface area contributed by atoms with E-state index in [1.54, 1.807) is 20.8 Å². The number of aryl methyl sites for hydroxylation is 3. The summed E-state index contributed by atoms with van der Waals surface area (Å²) in [7, 11) is 0. The molecule has 0 radical (unpaired) electrons. The van der Waals surface area contributed by atoms with E-state index in [9.17, 15) is 22.4 Å². The molecule has 0 atom stereocenters. The lowest BCUT2D eigenvalue weighted by atomic mass is 10.1. The first-order valence-corrected chi connectivity index (χ1v) is 8.42. The average Bonchev–Trinajstić information content (AvgIpc) is 3.01. The Balaban J connectivity index is 1.79. The van der Waals surface area contributed by atoms with Crippen molar-refractivity contribution in [1.29, 1.82) is 0 Å². The highest BCUT2D eigenvalue weighted by Crippen LogP contribution is 2.27. The third-order valence-corrected chi connectivity index (χ3v) is 4.37. The van der Waals surface area contributed by atoms with Crippen molar-refractivity contribution in [2.24, 2.45) is 0 Å². The van der Waals surface area contributed by atoms with Crippen LogP contribution in [0.4, 0.5) is 23.2 Å². The normalized spacial score (nSPS) is 11.8. The number of hydrogen-bond acceptors (Lipinski definition) is 4. The zero-order chi connectivity index (χ0) is 20.6. The number of carbonyl (C=O) groups is 1. The molecule has 0 bridgehead atoms. The summed E-state index contributed by atoms with van der Waals surface area (Å²) < 4.78 is 52.7. The molecule has 2 heterocycles. The fraction of sp³-hybridized carbons (Fsp3) is 0.333. The van der Waals surface area contributed by atoms with Gasteiger partial charge in [0.1, 0.15) is 5.82 Å². The summed E-state index contributed by atoms with van der Waals surface area (Å²) in [5.41, 5.74) is 2.64. The van der Waals surface area contributed by atoms with Crippen molar-refractivity contribution >= 4 is 17.4 Å². The summed E-state index contributed by atoms with van der Waals surface area (Å²) in [6.45, 7) is 4.92. The van der Waals surface area contributed by atoms with Crippen LogP contribution in [0.5, 0.6) is 0 Å². The second-order valence-corrected chi connectivity index (χ2v) is 6.41. The first kappa shape index (κ1) is 19.7. The number of nitrogens with zero attached hydrogens (tertiary/aromatic N) is 4. The third-order valence-electron chi connectivity index (χ3n) is 4.37. The van der Waals surface area contributed by atoms with Gasteiger partial charge in [0.15, 0.2) is 0 Å². The van der Waals surface area contributed by atoms with Gasteiger partial charge in [-0.3, -0.25) is 4.79 Å². The smallest absolute Gasteiger partial charge is 0.326 e.